The number of rotatable bonds is 6. The van der Waals surface area contributed by atoms with E-state index in [9.17, 15) is 9.18 Å². The first-order chi connectivity index (χ1) is 8.89. The fraction of sp³-hybridized carbons (Fsp3) is 0.533. The molecule has 4 heteroatoms. The highest BCUT2D eigenvalue weighted by molar-refractivity contribution is 6.30. The Labute approximate surface area is 119 Å². The Bertz CT molecular complexity index is 455. The van der Waals surface area contributed by atoms with Crippen LogP contribution < -0.4 is 0 Å². The Morgan fingerprint density at radius 3 is 2.37 bits per heavy atom. The van der Waals surface area contributed by atoms with Gasteiger partial charge in [0, 0.05) is 6.42 Å². The van der Waals surface area contributed by atoms with Crippen molar-refractivity contribution in [1.82, 2.24) is 4.90 Å². The first-order valence-corrected chi connectivity index (χ1v) is 6.90. The highest BCUT2D eigenvalue weighted by Gasteiger charge is 2.36. The lowest BCUT2D eigenvalue weighted by atomic mass is 9.83. The van der Waals surface area contributed by atoms with E-state index >= 15 is 0 Å². The van der Waals surface area contributed by atoms with Crippen molar-refractivity contribution >= 4 is 17.4 Å². The van der Waals surface area contributed by atoms with Crippen LogP contribution >= 0.6 is 11.6 Å². The molecule has 2 nitrogen and oxygen atoms in total. The van der Waals surface area contributed by atoms with Gasteiger partial charge in [-0.15, -0.1) is 0 Å². The molecule has 0 radical (unpaired) electrons. The number of Topliss-reactive ketones (excluding diaryl/α,β-unsaturated/α-hetero) is 1. The SMILES string of the molecule is CCC(CC)(C(=O)Cc1cccc(Cl)c1F)N(C)C. The number of likely N-dealkylation sites (N-methyl/N-ethyl adjacent to an activating group) is 1. The minimum Gasteiger partial charge on any atom is -0.297 e. The summed E-state index contributed by atoms with van der Waals surface area (Å²) in [7, 11) is 3.78. The largest absolute Gasteiger partial charge is 0.297 e. The fourth-order valence-corrected chi connectivity index (χ4v) is 2.74. The third-order valence-corrected chi connectivity index (χ3v) is 4.22. The van der Waals surface area contributed by atoms with Gasteiger partial charge in [-0.3, -0.25) is 9.69 Å². The quantitative estimate of drug-likeness (QED) is 0.794. The Hall–Kier alpha value is -0.930. The van der Waals surface area contributed by atoms with Crippen molar-refractivity contribution in [2.24, 2.45) is 0 Å². The van der Waals surface area contributed by atoms with Gasteiger partial charge in [-0.25, -0.2) is 4.39 Å². The molecule has 0 aliphatic carbocycles. The standard InChI is InChI=1S/C15H21ClFNO/c1-5-15(6-2,18(3)4)13(19)10-11-8-7-9-12(16)14(11)17/h7-9H,5-6,10H2,1-4H3. The average Bonchev–Trinajstić information content (AvgIpc) is 2.36. The second-order valence-electron chi connectivity index (χ2n) is 4.95. The minimum atomic E-state index is -0.533. The van der Waals surface area contributed by atoms with Gasteiger partial charge < -0.3 is 0 Å². The molecule has 1 aromatic carbocycles. The zero-order valence-corrected chi connectivity index (χ0v) is 12.7. The number of ketones is 1. The fourth-order valence-electron chi connectivity index (χ4n) is 2.55. The Kier molecular flexibility index (Phi) is 5.50. The van der Waals surface area contributed by atoms with E-state index < -0.39 is 11.4 Å². The predicted molar refractivity (Wildman–Crippen MR) is 77.1 cm³/mol. The summed E-state index contributed by atoms with van der Waals surface area (Å²) in [6.07, 6.45) is 1.49. The molecule has 0 atom stereocenters. The molecule has 19 heavy (non-hydrogen) atoms. The Balaban J connectivity index is 3.04. The molecule has 106 valence electrons. The van der Waals surface area contributed by atoms with Crippen molar-refractivity contribution in [3.8, 4) is 0 Å². The number of nitrogens with zero attached hydrogens (tertiary/aromatic N) is 1. The number of halogens is 2. The lowest BCUT2D eigenvalue weighted by Crippen LogP contribution is -2.51. The molecular weight excluding hydrogens is 265 g/mol. The molecule has 0 N–H and O–H groups in total. The Morgan fingerprint density at radius 2 is 1.89 bits per heavy atom. The van der Waals surface area contributed by atoms with E-state index in [0.717, 1.165) is 0 Å². The number of hydrogen-bond acceptors (Lipinski definition) is 2. The van der Waals surface area contributed by atoms with Gasteiger partial charge >= 0.3 is 0 Å². The van der Waals surface area contributed by atoms with Crippen molar-refractivity contribution in [1.29, 1.82) is 0 Å². The van der Waals surface area contributed by atoms with Crippen molar-refractivity contribution in [3.63, 3.8) is 0 Å². The van der Waals surface area contributed by atoms with Gasteiger partial charge in [0.2, 0.25) is 0 Å². The van der Waals surface area contributed by atoms with E-state index in [4.69, 9.17) is 11.6 Å². The summed E-state index contributed by atoms with van der Waals surface area (Å²) in [6, 6.07) is 4.78. The van der Waals surface area contributed by atoms with Gasteiger partial charge in [0.05, 0.1) is 10.6 Å². The van der Waals surface area contributed by atoms with Crippen molar-refractivity contribution in [2.75, 3.05) is 14.1 Å². The Morgan fingerprint density at radius 1 is 1.32 bits per heavy atom. The van der Waals surface area contributed by atoms with E-state index in [1.165, 1.54) is 6.07 Å². The number of benzene rings is 1. The predicted octanol–water partition coefficient (Wildman–Crippen LogP) is 3.71. The summed E-state index contributed by atoms with van der Waals surface area (Å²) in [5, 5.41) is 0.0637. The van der Waals surface area contributed by atoms with Crippen molar-refractivity contribution in [2.45, 2.75) is 38.6 Å². The van der Waals surface area contributed by atoms with Crippen LogP contribution in [0.2, 0.25) is 5.02 Å². The summed E-state index contributed by atoms with van der Waals surface area (Å²) < 4.78 is 13.9. The second-order valence-corrected chi connectivity index (χ2v) is 5.35. The zero-order chi connectivity index (χ0) is 14.6. The molecule has 0 heterocycles. The van der Waals surface area contributed by atoms with Gasteiger partial charge in [-0.1, -0.05) is 37.6 Å². The van der Waals surface area contributed by atoms with Crippen LogP contribution in [0.3, 0.4) is 0 Å². The monoisotopic (exact) mass is 285 g/mol. The van der Waals surface area contributed by atoms with Crippen LogP contribution in [0.15, 0.2) is 18.2 Å². The molecule has 0 amide bonds. The van der Waals surface area contributed by atoms with Crippen LogP contribution in [0.25, 0.3) is 0 Å². The summed E-state index contributed by atoms with van der Waals surface area (Å²) in [4.78, 5) is 14.5. The maximum atomic E-state index is 13.9. The van der Waals surface area contributed by atoms with E-state index in [2.05, 4.69) is 0 Å². The number of carbonyl (C=O) groups excluding carboxylic acids is 1. The van der Waals surface area contributed by atoms with Crippen LogP contribution in [0.1, 0.15) is 32.3 Å². The van der Waals surface area contributed by atoms with Crippen LogP contribution in [-0.4, -0.2) is 30.3 Å². The normalized spacial score (nSPS) is 11.9. The molecule has 1 aromatic rings. The highest BCUT2D eigenvalue weighted by Crippen LogP contribution is 2.26. The summed E-state index contributed by atoms with van der Waals surface area (Å²) in [6.45, 7) is 3.96. The van der Waals surface area contributed by atoms with E-state index in [0.29, 0.717) is 18.4 Å². The lowest BCUT2D eigenvalue weighted by Gasteiger charge is -2.37. The number of hydrogen-bond donors (Lipinski definition) is 0. The van der Waals surface area contributed by atoms with Crippen LogP contribution in [0.4, 0.5) is 4.39 Å². The molecule has 0 saturated heterocycles. The molecule has 0 aliphatic rings. The third kappa shape index (κ3) is 3.15. The summed E-state index contributed by atoms with van der Waals surface area (Å²) in [5.74, 6) is -0.457. The smallest absolute Gasteiger partial charge is 0.157 e. The van der Waals surface area contributed by atoms with Crippen molar-refractivity contribution < 1.29 is 9.18 Å². The first kappa shape index (κ1) is 16.1. The van der Waals surface area contributed by atoms with Gasteiger partial charge in [0.1, 0.15) is 5.82 Å². The molecule has 0 bridgehead atoms. The second kappa shape index (κ2) is 6.49. The first-order valence-electron chi connectivity index (χ1n) is 6.52. The average molecular weight is 286 g/mol. The molecule has 0 fully saturated rings. The molecular formula is C15H21ClFNO. The maximum absolute atomic E-state index is 13.9. The van der Waals surface area contributed by atoms with Gasteiger partial charge in [0.25, 0.3) is 0 Å². The maximum Gasteiger partial charge on any atom is 0.157 e. The van der Waals surface area contributed by atoms with Crippen LogP contribution in [0, 0.1) is 5.82 Å². The van der Waals surface area contributed by atoms with Crippen LogP contribution in [0.5, 0.6) is 0 Å². The van der Waals surface area contributed by atoms with Gasteiger partial charge in [-0.2, -0.15) is 0 Å². The molecule has 0 unspecified atom stereocenters. The van der Waals surface area contributed by atoms with E-state index in [1.54, 1.807) is 12.1 Å². The lowest BCUT2D eigenvalue weighted by molar-refractivity contribution is -0.129. The third-order valence-electron chi connectivity index (χ3n) is 3.93. The van der Waals surface area contributed by atoms with Gasteiger partial charge in [0.15, 0.2) is 5.78 Å². The number of carbonyl (C=O) groups is 1. The molecule has 0 aromatic heterocycles. The minimum absolute atomic E-state index is 0.0312. The van der Waals surface area contributed by atoms with Crippen molar-refractivity contribution in [3.05, 3.63) is 34.6 Å². The van der Waals surface area contributed by atoms with E-state index in [-0.39, 0.29) is 17.2 Å². The molecule has 0 spiro atoms. The highest BCUT2D eigenvalue weighted by atomic mass is 35.5. The molecule has 1 rings (SSSR count). The van der Waals surface area contributed by atoms with E-state index in [1.807, 2.05) is 32.8 Å². The molecule has 0 saturated carbocycles. The zero-order valence-electron chi connectivity index (χ0n) is 12.0. The summed E-state index contributed by atoms with van der Waals surface area (Å²) >= 11 is 5.75. The molecule has 0 aliphatic heterocycles. The van der Waals surface area contributed by atoms with Gasteiger partial charge in [-0.05, 0) is 38.6 Å². The van der Waals surface area contributed by atoms with Crippen LogP contribution in [-0.2, 0) is 11.2 Å². The topological polar surface area (TPSA) is 20.3 Å². The summed E-state index contributed by atoms with van der Waals surface area (Å²) in [5.41, 5.74) is -0.167.